The van der Waals surface area contributed by atoms with Gasteiger partial charge in [-0.3, -0.25) is 9.59 Å². The number of nitrogens with zero attached hydrogens (tertiary/aromatic N) is 2. The second kappa shape index (κ2) is 7.10. The minimum Gasteiger partial charge on any atom is -0.378 e. The average Bonchev–Trinajstić information content (AvgIpc) is 2.94. The van der Waals surface area contributed by atoms with E-state index < -0.39 is 0 Å². The second-order valence-electron chi connectivity index (χ2n) is 4.98. The van der Waals surface area contributed by atoms with Gasteiger partial charge in [0.1, 0.15) is 6.04 Å². The summed E-state index contributed by atoms with van der Waals surface area (Å²) < 4.78 is 5.25. The molecule has 108 valence electrons. The zero-order chi connectivity index (χ0) is 13.7. The van der Waals surface area contributed by atoms with Gasteiger partial charge in [0.25, 0.3) is 0 Å². The van der Waals surface area contributed by atoms with Crippen LogP contribution in [0.5, 0.6) is 0 Å². The molecule has 1 unspecified atom stereocenters. The van der Waals surface area contributed by atoms with E-state index in [0.717, 1.165) is 12.8 Å². The van der Waals surface area contributed by atoms with Crippen molar-refractivity contribution in [2.24, 2.45) is 0 Å². The maximum atomic E-state index is 12.4. The van der Waals surface area contributed by atoms with E-state index in [1.165, 1.54) is 0 Å². The summed E-state index contributed by atoms with van der Waals surface area (Å²) in [6.07, 6.45) is 2.81. The summed E-state index contributed by atoms with van der Waals surface area (Å²) in [7, 11) is 0. The Morgan fingerprint density at radius 3 is 2.63 bits per heavy atom. The summed E-state index contributed by atoms with van der Waals surface area (Å²) >= 11 is 5.61. The molecule has 2 rings (SSSR count). The number of hydrogen-bond donors (Lipinski definition) is 0. The van der Waals surface area contributed by atoms with E-state index in [4.69, 9.17) is 16.3 Å². The Kier molecular flexibility index (Phi) is 5.45. The van der Waals surface area contributed by atoms with Gasteiger partial charge in [0.15, 0.2) is 0 Å². The molecule has 6 heteroatoms. The van der Waals surface area contributed by atoms with Crippen LogP contribution in [0.4, 0.5) is 0 Å². The van der Waals surface area contributed by atoms with Crippen LogP contribution < -0.4 is 0 Å². The maximum Gasteiger partial charge on any atom is 0.245 e. The standard InChI is InChI=1S/C13H21ClN2O3/c14-5-1-4-12(17)16-6-2-3-11(16)13(18)15-7-9-19-10-8-15/h11H,1-10H2. The van der Waals surface area contributed by atoms with Crippen molar-refractivity contribution in [3.8, 4) is 0 Å². The molecular formula is C13H21ClN2O3. The molecule has 0 spiro atoms. The molecule has 0 aromatic carbocycles. The number of alkyl halides is 1. The van der Waals surface area contributed by atoms with Gasteiger partial charge >= 0.3 is 0 Å². The minimum atomic E-state index is -0.263. The molecule has 0 aromatic heterocycles. The molecule has 5 nitrogen and oxygen atoms in total. The molecular weight excluding hydrogens is 268 g/mol. The Morgan fingerprint density at radius 1 is 1.21 bits per heavy atom. The number of amides is 2. The summed E-state index contributed by atoms with van der Waals surface area (Å²) in [6.45, 7) is 3.16. The topological polar surface area (TPSA) is 49.9 Å². The highest BCUT2D eigenvalue weighted by molar-refractivity contribution is 6.17. The van der Waals surface area contributed by atoms with Gasteiger partial charge in [-0.05, 0) is 19.3 Å². The highest BCUT2D eigenvalue weighted by Gasteiger charge is 2.36. The van der Waals surface area contributed by atoms with Crippen LogP contribution in [0, 0.1) is 0 Å². The predicted octanol–water partition coefficient (Wildman–Crippen LogP) is 0.855. The first-order chi connectivity index (χ1) is 9.24. The normalized spacial score (nSPS) is 23.7. The van der Waals surface area contributed by atoms with Crippen LogP contribution in [0.15, 0.2) is 0 Å². The molecule has 0 N–H and O–H groups in total. The molecule has 0 aliphatic carbocycles. The number of carbonyl (C=O) groups is 2. The highest BCUT2D eigenvalue weighted by Crippen LogP contribution is 2.21. The third-order valence-electron chi connectivity index (χ3n) is 3.71. The summed E-state index contributed by atoms with van der Waals surface area (Å²) in [5.74, 6) is 0.631. The third-order valence-corrected chi connectivity index (χ3v) is 3.97. The van der Waals surface area contributed by atoms with Crippen LogP contribution in [0.2, 0.25) is 0 Å². The first-order valence-electron chi connectivity index (χ1n) is 6.96. The Labute approximate surface area is 118 Å². The zero-order valence-corrected chi connectivity index (χ0v) is 11.9. The molecule has 0 saturated carbocycles. The Bertz CT molecular complexity index is 332. The van der Waals surface area contributed by atoms with E-state index in [-0.39, 0.29) is 17.9 Å². The number of likely N-dealkylation sites (tertiary alicyclic amines) is 1. The van der Waals surface area contributed by atoms with Crippen LogP contribution in [0.1, 0.15) is 25.7 Å². The van der Waals surface area contributed by atoms with E-state index in [0.29, 0.717) is 51.6 Å². The van der Waals surface area contributed by atoms with E-state index in [1.807, 2.05) is 4.90 Å². The van der Waals surface area contributed by atoms with Gasteiger partial charge < -0.3 is 14.5 Å². The van der Waals surface area contributed by atoms with E-state index in [2.05, 4.69) is 0 Å². The second-order valence-corrected chi connectivity index (χ2v) is 5.35. The summed E-state index contributed by atoms with van der Waals surface area (Å²) in [4.78, 5) is 28.1. The van der Waals surface area contributed by atoms with Gasteiger partial charge in [0, 0.05) is 31.9 Å². The number of ether oxygens (including phenoxy) is 1. The number of rotatable bonds is 4. The third kappa shape index (κ3) is 3.60. The van der Waals surface area contributed by atoms with Gasteiger partial charge in [-0.1, -0.05) is 0 Å². The van der Waals surface area contributed by atoms with Crippen LogP contribution in [0.25, 0.3) is 0 Å². The van der Waals surface area contributed by atoms with Crippen LogP contribution in [0.3, 0.4) is 0 Å². The van der Waals surface area contributed by atoms with Crippen molar-refractivity contribution < 1.29 is 14.3 Å². The maximum absolute atomic E-state index is 12.4. The molecule has 0 bridgehead atoms. The number of halogens is 1. The number of carbonyl (C=O) groups excluding carboxylic acids is 2. The van der Waals surface area contributed by atoms with Crippen LogP contribution in [-0.4, -0.2) is 66.4 Å². The van der Waals surface area contributed by atoms with Gasteiger partial charge in [-0.25, -0.2) is 0 Å². The predicted molar refractivity (Wildman–Crippen MR) is 72.1 cm³/mol. The Morgan fingerprint density at radius 2 is 1.95 bits per heavy atom. The smallest absolute Gasteiger partial charge is 0.245 e. The molecule has 0 radical (unpaired) electrons. The van der Waals surface area contributed by atoms with Crippen molar-refractivity contribution in [3.63, 3.8) is 0 Å². The van der Waals surface area contributed by atoms with E-state index >= 15 is 0 Å². The fourth-order valence-corrected chi connectivity index (χ4v) is 2.81. The zero-order valence-electron chi connectivity index (χ0n) is 11.1. The first kappa shape index (κ1) is 14.6. The fourth-order valence-electron chi connectivity index (χ4n) is 2.68. The molecule has 2 fully saturated rings. The SMILES string of the molecule is O=C(C1CCCN1C(=O)CCCCl)N1CCOCC1. The Balaban J connectivity index is 1.93. The molecule has 2 aliphatic heterocycles. The van der Waals surface area contributed by atoms with Crippen LogP contribution in [-0.2, 0) is 14.3 Å². The van der Waals surface area contributed by atoms with Gasteiger partial charge in [0.05, 0.1) is 13.2 Å². The number of morpholine rings is 1. The number of hydrogen-bond acceptors (Lipinski definition) is 3. The summed E-state index contributed by atoms with van der Waals surface area (Å²) in [5.41, 5.74) is 0. The van der Waals surface area contributed by atoms with Gasteiger partial charge in [0.2, 0.25) is 11.8 Å². The lowest BCUT2D eigenvalue weighted by Gasteiger charge is -2.32. The minimum absolute atomic E-state index is 0.0600. The largest absolute Gasteiger partial charge is 0.378 e. The van der Waals surface area contributed by atoms with Crippen molar-refractivity contribution in [1.29, 1.82) is 0 Å². The quantitative estimate of drug-likeness (QED) is 0.721. The molecule has 19 heavy (non-hydrogen) atoms. The lowest BCUT2D eigenvalue weighted by molar-refractivity contribution is -0.146. The monoisotopic (exact) mass is 288 g/mol. The lowest BCUT2D eigenvalue weighted by atomic mass is 10.1. The molecule has 2 heterocycles. The van der Waals surface area contributed by atoms with Crippen molar-refractivity contribution >= 4 is 23.4 Å². The highest BCUT2D eigenvalue weighted by atomic mass is 35.5. The van der Waals surface area contributed by atoms with Crippen molar-refractivity contribution in [1.82, 2.24) is 9.80 Å². The summed E-state index contributed by atoms with van der Waals surface area (Å²) in [6, 6.07) is -0.263. The van der Waals surface area contributed by atoms with Crippen molar-refractivity contribution in [3.05, 3.63) is 0 Å². The molecule has 1 atom stereocenters. The van der Waals surface area contributed by atoms with Crippen LogP contribution >= 0.6 is 11.6 Å². The van der Waals surface area contributed by atoms with Crippen molar-refractivity contribution in [2.45, 2.75) is 31.7 Å². The van der Waals surface area contributed by atoms with E-state index in [9.17, 15) is 9.59 Å². The molecule has 2 aliphatic rings. The first-order valence-corrected chi connectivity index (χ1v) is 7.49. The fraction of sp³-hybridized carbons (Fsp3) is 0.846. The van der Waals surface area contributed by atoms with Gasteiger partial charge in [-0.15, -0.1) is 11.6 Å². The lowest BCUT2D eigenvalue weighted by Crippen LogP contribution is -2.51. The molecule has 0 aromatic rings. The molecule has 2 saturated heterocycles. The van der Waals surface area contributed by atoms with Crippen molar-refractivity contribution in [2.75, 3.05) is 38.7 Å². The average molecular weight is 289 g/mol. The summed E-state index contributed by atoms with van der Waals surface area (Å²) in [5, 5.41) is 0. The molecule has 2 amide bonds. The van der Waals surface area contributed by atoms with Gasteiger partial charge in [-0.2, -0.15) is 0 Å². The van der Waals surface area contributed by atoms with E-state index in [1.54, 1.807) is 4.90 Å². The Hall–Kier alpha value is -0.810.